The molecule has 0 aliphatic carbocycles. The van der Waals surface area contributed by atoms with Crippen molar-refractivity contribution in [3.63, 3.8) is 0 Å². The molecule has 0 aliphatic rings. The highest BCUT2D eigenvalue weighted by Gasteiger charge is 2.56. The van der Waals surface area contributed by atoms with Crippen molar-refractivity contribution in [3.8, 4) is 0 Å². The lowest BCUT2D eigenvalue weighted by Gasteiger charge is -2.31. The molecule has 0 aliphatic heterocycles. The van der Waals surface area contributed by atoms with Gasteiger partial charge in [0.25, 0.3) is 0 Å². The Morgan fingerprint density at radius 3 is 1.21 bits per heavy atom. The van der Waals surface area contributed by atoms with Crippen LogP contribution in [0.4, 0.5) is 26.3 Å². The van der Waals surface area contributed by atoms with Gasteiger partial charge in [-0.15, -0.1) is 0 Å². The van der Waals surface area contributed by atoms with Crippen LogP contribution in [0.1, 0.15) is 23.0 Å². The Bertz CT molecular complexity index is 647. The number of halogens is 8. The van der Waals surface area contributed by atoms with Crippen LogP contribution in [0.25, 0.3) is 0 Å². The second kappa shape index (κ2) is 7.07. The zero-order valence-electron chi connectivity index (χ0n) is 11.8. The summed E-state index contributed by atoms with van der Waals surface area (Å²) in [5.41, 5.74) is -0.890. The van der Waals surface area contributed by atoms with Crippen LogP contribution in [-0.2, 0) is 0 Å². The molecule has 8 heteroatoms. The van der Waals surface area contributed by atoms with Crippen molar-refractivity contribution in [3.05, 3.63) is 68.6 Å². The summed E-state index contributed by atoms with van der Waals surface area (Å²) in [6.45, 7) is 0. The van der Waals surface area contributed by atoms with Crippen molar-refractivity contribution in [2.75, 3.05) is 0 Å². The summed E-state index contributed by atoms with van der Waals surface area (Å²) >= 11 is 6.02. The van der Waals surface area contributed by atoms with E-state index in [0.717, 1.165) is 24.3 Å². The van der Waals surface area contributed by atoms with Gasteiger partial charge >= 0.3 is 12.4 Å². The zero-order chi connectivity index (χ0) is 18.1. The Morgan fingerprint density at radius 2 is 0.958 bits per heavy atom. The van der Waals surface area contributed by atoms with Gasteiger partial charge in [-0.3, -0.25) is 0 Å². The zero-order valence-corrected chi connectivity index (χ0v) is 15.0. The van der Waals surface area contributed by atoms with Gasteiger partial charge in [0.15, 0.2) is 0 Å². The molecule has 2 aromatic carbocycles. The minimum Gasteiger partial charge on any atom is -0.170 e. The Hall–Kier alpha value is -1.02. The summed E-state index contributed by atoms with van der Waals surface area (Å²) in [7, 11) is 0. The molecule has 0 radical (unpaired) electrons. The number of rotatable bonds is 3. The average Bonchev–Trinajstić information content (AvgIpc) is 2.41. The van der Waals surface area contributed by atoms with Gasteiger partial charge in [0.1, 0.15) is 0 Å². The highest BCUT2D eigenvalue weighted by Crippen LogP contribution is 2.52. The molecule has 0 bridgehead atoms. The molecular formula is C16H10Br2F6. The summed E-state index contributed by atoms with van der Waals surface area (Å²) in [6, 6.07) is 9.72. The summed E-state index contributed by atoms with van der Waals surface area (Å²) in [6.07, 6.45) is -10.1. The van der Waals surface area contributed by atoms with Crippen molar-refractivity contribution in [2.24, 2.45) is 0 Å². The van der Waals surface area contributed by atoms with E-state index in [1.165, 1.54) is 24.3 Å². The van der Waals surface area contributed by atoms with Gasteiger partial charge < -0.3 is 0 Å². The van der Waals surface area contributed by atoms with Crippen LogP contribution in [0, 0.1) is 0 Å². The predicted molar refractivity (Wildman–Crippen MR) is 85.9 cm³/mol. The second-order valence-electron chi connectivity index (χ2n) is 5.15. The van der Waals surface area contributed by atoms with E-state index in [4.69, 9.17) is 0 Å². The van der Waals surface area contributed by atoms with E-state index in [-0.39, 0.29) is 8.95 Å². The monoisotopic (exact) mass is 474 g/mol. The molecule has 2 unspecified atom stereocenters. The third-order valence-electron chi connectivity index (χ3n) is 3.45. The first-order valence-corrected chi connectivity index (χ1v) is 8.23. The lowest BCUT2D eigenvalue weighted by Crippen LogP contribution is -2.35. The second-order valence-corrected chi connectivity index (χ2v) is 6.98. The lowest BCUT2D eigenvalue weighted by molar-refractivity contribution is -0.211. The van der Waals surface area contributed by atoms with E-state index in [1.54, 1.807) is 0 Å². The van der Waals surface area contributed by atoms with Gasteiger partial charge in [0, 0.05) is 8.95 Å². The van der Waals surface area contributed by atoms with Crippen molar-refractivity contribution < 1.29 is 26.3 Å². The Labute approximate surface area is 151 Å². The molecule has 2 rings (SSSR count). The van der Waals surface area contributed by atoms with Crippen molar-refractivity contribution in [1.29, 1.82) is 0 Å². The maximum atomic E-state index is 13.6. The highest BCUT2D eigenvalue weighted by molar-refractivity contribution is 9.10. The number of hydrogen-bond acceptors (Lipinski definition) is 0. The fraction of sp³-hybridized carbons (Fsp3) is 0.250. The van der Waals surface area contributed by atoms with Gasteiger partial charge in [0.05, 0.1) is 11.8 Å². The number of hydrogen-bond donors (Lipinski definition) is 0. The first kappa shape index (κ1) is 19.3. The molecule has 0 nitrogen and oxygen atoms in total. The van der Waals surface area contributed by atoms with E-state index < -0.39 is 35.3 Å². The molecule has 0 fully saturated rings. The molecular weight excluding hydrogens is 466 g/mol. The molecule has 0 amide bonds. The normalized spacial score (nSPS) is 15.2. The quantitative estimate of drug-likeness (QED) is 0.411. The average molecular weight is 476 g/mol. The van der Waals surface area contributed by atoms with Crippen molar-refractivity contribution >= 4 is 31.9 Å². The number of benzene rings is 2. The number of alkyl halides is 6. The molecule has 24 heavy (non-hydrogen) atoms. The Morgan fingerprint density at radius 1 is 0.625 bits per heavy atom. The smallest absolute Gasteiger partial charge is 0.170 e. The largest absolute Gasteiger partial charge is 0.396 e. The van der Waals surface area contributed by atoms with Crippen LogP contribution in [0.3, 0.4) is 0 Å². The Kier molecular flexibility index (Phi) is 5.69. The third-order valence-corrected chi connectivity index (χ3v) is 4.44. The van der Waals surface area contributed by atoms with E-state index in [2.05, 4.69) is 31.9 Å². The standard InChI is InChI=1S/C16H10Br2F6/c17-11-5-1-3-9(7-11)13(15(19,20)21)14(16(22,23)24)10-4-2-6-12(18)8-10/h1-8,13-14H. The van der Waals surface area contributed by atoms with Crippen LogP contribution in [-0.4, -0.2) is 12.4 Å². The SMILES string of the molecule is FC(F)(F)C(c1cccc(Br)c1)C(c1cccc(Br)c1)C(F)(F)F. The summed E-state index contributed by atoms with van der Waals surface area (Å²) in [4.78, 5) is 0. The molecule has 0 saturated heterocycles. The van der Waals surface area contributed by atoms with Crippen LogP contribution in [0.15, 0.2) is 57.5 Å². The van der Waals surface area contributed by atoms with Gasteiger partial charge in [-0.2, -0.15) is 26.3 Å². The summed E-state index contributed by atoms with van der Waals surface area (Å²) in [5.74, 6) is -5.41. The summed E-state index contributed by atoms with van der Waals surface area (Å²) in [5, 5.41) is 0. The minimum atomic E-state index is -5.07. The lowest BCUT2D eigenvalue weighted by atomic mass is 9.80. The molecule has 0 heterocycles. The Balaban J connectivity index is 2.67. The molecule has 2 aromatic rings. The van der Waals surface area contributed by atoms with E-state index in [1.807, 2.05) is 0 Å². The fourth-order valence-corrected chi connectivity index (χ4v) is 3.37. The maximum absolute atomic E-state index is 13.6. The van der Waals surface area contributed by atoms with Crippen molar-refractivity contribution in [1.82, 2.24) is 0 Å². The third kappa shape index (κ3) is 4.53. The predicted octanol–water partition coefficient (Wildman–Crippen LogP) is 7.20. The molecule has 130 valence electrons. The molecule has 2 atom stereocenters. The van der Waals surface area contributed by atoms with Gasteiger partial charge in [0.2, 0.25) is 0 Å². The first-order valence-electron chi connectivity index (χ1n) is 6.64. The van der Waals surface area contributed by atoms with Crippen LogP contribution < -0.4 is 0 Å². The highest BCUT2D eigenvalue weighted by atomic mass is 79.9. The molecule has 0 spiro atoms. The molecule has 0 N–H and O–H groups in total. The molecule has 0 saturated carbocycles. The van der Waals surface area contributed by atoms with E-state index >= 15 is 0 Å². The van der Waals surface area contributed by atoms with Crippen LogP contribution in [0.5, 0.6) is 0 Å². The fourth-order valence-electron chi connectivity index (χ4n) is 2.54. The van der Waals surface area contributed by atoms with E-state index in [9.17, 15) is 26.3 Å². The first-order chi connectivity index (χ1) is 11.0. The van der Waals surface area contributed by atoms with E-state index in [0.29, 0.717) is 0 Å². The van der Waals surface area contributed by atoms with Crippen molar-refractivity contribution in [2.45, 2.75) is 24.2 Å². The minimum absolute atomic E-state index is 0.282. The molecule has 0 aromatic heterocycles. The maximum Gasteiger partial charge on any atom is 0.396 e. The van der Waals surface area contributed by atoms with Gasteiger partial charge in [-0.25, -0.2) is 0 Å². The van der Waals surface area contributed by atoms with Gasteiger partial charge in [-0.1, -0.05) is 56.1 Å². The topological polar surface area (TPSA) is 0 Å². The summed E-state index contributed by atoms with van der Waals surface area (Å²) < 4.78 is 82.0. The van der Waals surface area contributed by atoms with Crippen LogP contribution in [0.2, 0.25) is 0 Å². The van der Waals surface area contributed by atoms with Crippen LogP contribution >= 0.6 is 31.9 Å². The van der Waals surface area contributed by atoms with Gasteiger partial charge in [-0.05, 0) is 35.4 Å².